The highest BCUT2D eigenvalue weighted by Crippen LogP contribution is 2.38. The number of ether oxygens (including phenoxy) is 1. The highest BCUT2D eigenvalue weighted by Gasteiger charge is 2.40. The van der Waals surface area contributed by atoms with Gasteiger partial charge in [-0.05, 0) is 43.5 Å². The summed E-state index contributed by atoms with van der Waals surface area (Å²) >= 11 is 0. The molecule has 0 N–H and O–H groups in total. The third-order valence-electron chi connectivity index (χ3n) is 5.98. The van der Waals surface area contributed by atoms with Crippen molar-refractivity contribution in [2.24, 2.45) is 0 Å². The molecule has 0 aromatic heterocycles. The van der Waals surface area contributed by atoms with E-state index in [9.17, 15) is 4.79 Å². The van der Waals surface area contributed by atoms with Crippen molar-refractivity contribution in [3.05, 3.63) is 47.5 Å². The summed E-state index contributed by atoms with van der Waals surface area (Å²) < 4.78 is 12.0. The van der Waals surface area contributed by atoms with Crippen LogP contribution < -0.4 is 0 Å². The Bertz CT molecular complexity index is 654. The fourth-order valence-electron chi connectivity index (χ4n) is 2.96. The van der Waals surface area contributed by atoms with Crippen LogP contribution in [0.4, 0.5) is 0 Å². The lowest BCUT2D eigenvalue weighted by atomic mass is 10.0. The van der Waals surface area contributed by atoms with E-state index in [2.05, 4.69) is 71.1 Å². The van der Waals surface area contributed by atoms with E-state index in [1.807, 2.05) is 6.07 Å². The normalized spacial score (nSPS) is 18.8. The zero-order chi connectivity index (χ0) is 20.8. The Labute approximate surface area is 172 Å². The van der Waals surface area contributed by atoms with E-state index in [0.717, 1.165) is 25.9 Å². The van der Waals surface area contributed by atoms with Gasteiger partial charge in [-0.3, -0.25) is 4.79 Å². The maximum absolute atomic E-state index is 12.6. The Morgan fingerprint density at radius 3 is 2.46 bits per heavy atom. The molecule has 0 radical (unpaired) electrons. The molecule has 4 heteroatoms. The number of carbonyl (C=O) groups is 1. The second-order valence-corrected chi connectivity index (χ2v) is 14.4. The van der Waals surface area contributed by atoms with Crippen LogP contribution in [0, 0.1) is 0 Å². The molecule has 2 atom stereocenters. The second kappa shape index (κ2) is 9.99. The zero-order valence-electron chi connectivity index (χ0n) is 18.6. The minimum Gasteiger partial charge on any atom is -0.413 e. The smallest absolute Gasteiger partial charge is 0.192 e. The first kappa shape index (κ1) is 23.0. The molecule has 1 aromatic rings. The van der Waals surface area contributed by atoms with Crippen molar-refractivity contribution in [3.63, 3.8) is 0 Å². The van der Waals surface area contributed by atoms with Gasteiger partial charge >= 0.3 is 0 Å². The molecule has 1 heterocycles. The molecule has 1 aliphatic heterocycles. The summed E-state index contributed by atoms with van der Waals surface area (Å²) in [5, 5.41) is 0.148. The maximum Gasteiger partial charge on any atom is 0.192 e. The minimum absolute atomic E-state index is 0.00510. The van der Waals surface area contributed by atoms with Crippen LogP contribution in [0.1, 0.15) is 58.9 Å². The van der Waals surface area contributed by atoms with E-state index in [4.69, 9.17) is 9.16 Å². The summed E-state index contributed by atoms with van der Waals surface area (Å²) in [6, 6.07) is 10.4. The molecule has 1 aliphatic rings. The van der Waals surface area contributed by atoms with Crippen molar-refractivity contribution in [2.45, 2.75) is 90.1 Å². The van der Waals surface area contributed by atoms with Crippen LogP contribution in [0.3, 0.4) is 0 Å². The highest BCUT2D eigenvalue weighted by atomic mass is 28.4. The van der Waals surface area contributed by atoms with E-state index in [1.54, 1.807) is 0 Å². The molecule has 0 aliphatic carbocycles. The molecule has 156 valence electrons. The van der Waals surface area contributed by atoms with E-state index in [1.165, 1.54) is 11.1 Å². The summed E-state index contributed by atoms with van der Waals surface area (Å²) in [4.78, 5) is 12.6. The van der Waals surface area contributed by atoms with Crippen LogP contribution in [0.5, 0.6) is 0 Å². The fourth-order valence-corrected chi connectivity index (χ4v) is 4.33. The SMILES string of the molecule is C/C(=C\Cc1ccccc1)CCC(=O)C[C@@H](C[C@H]1CO1)O[Si](C)(C)C(C)(C)C. The van der Waals surface area contributed by atoms with Gasteiger partial charge in [0.1, 0.15) is 5.78 Å². The third kappa shape index (κ3) is 8.02. The standard InChI is InChI=1S/C24H38O3Si/c1-19(12-14-20-10-8-7-9-11-20)13-15-21(25)16-22(17-23-18-26-23)27-28(5,6)24(2,3)4/h7-12,22-23H,13-18H2,1-6H3/b19-12+/t22-,23-/m0/s1. The van der Waals surface area contributed by atoms with E-state index in [-0.39, 0.29) is 17.2 Å². The molecule has 0 unspecified atom stereocenters. The molecule has 1 fully saturated rings. The monoisotopic (exact) mass is 402 g/mol. The number of rotatable bonds is 11. The minimum atomic E-state index is -1.89. The van der Waals surface area contributed by atoms with Crippen molar-refractivity contribution in [1.29, 1.82) is 0 Å². The van der Waals surface area contributed by atoms with E-state index >= 15 is 0 Å². The second-order valence-electron chi connectivity index (χ2n) is 9.67. The number of carbonyl (C=O) groups excluding carboxylic acids is 1. The quantitative estimate of drug-likeness (QED) is 0.255. The third-order valence-corrected chi connectivity index (χ3v) is 10.5. The van der Waals surface area contributed by atoms with Crippen molar-refractivity contribution in [2.75, 3.05) is 6.61 Å². The number of ketones is 1. The number of hydrogen-bond donors (Lipinski definition) is 0. The number of epoxide rings is 1. The number of hydrogen-bond acceptors (Lipinski definition) is 3. The zero-order valence-corrected chi connectivity index (χ0v) is 19.6. The molecule has 0 saturated carbocycles. The van der Waals surface area contributed by atoms with Gasteiger partial charge in [-0.2, -0.15) is 0 Å². The van der Waals surface area contributed by atoms with Gasteiger partial charge in [0.25, 0.3) is 0 Å². The molecule has 3 nitrogen and oxygen atoms in total. The van der Waals surface area contributed by atoms with Gasteiger partial charge in [0, 0.05) is 19.3 Å². The van der Waals surface area contributed by atoms with Gasteiger partial charge < -0.3 is 9.16 Å². The summed E-state index contributed by atoms with van der Waals surface area (Å²) in [5.74, 6) is 0.303. The molecule has 1 aromatic carbocycles. The predicted octanol–water partition coefficient (Wildman–Crippen LogP) is 6.09. The van der Waals surface area contributed by atoms with Gasteiger partial charge in [0.2, 0.25) is 0 Å². The largest absolute Gasteiger partial charge is 0.413 e. The number of Topliss-reactive ketones (excluding diaryl/α,β-unsaturated/α-hetero) is 1. The molecule has 0 amide bonds. The van der Waals surface area contributed by atoms with Gasteiger partial charge in [0.15, 0.2) is 8.32 Å². The predicted molar refractivity (Wildman–Crippen MR) is 119 cm³/mol. The molecule has 2 rings (SSSR count). The topological polar surface area (TPSA) is 38.8 Å². The lowest BCUT2D eigenvalue weighted by Crippen LogP contribution is -2.44. The molecule has 0 bridgehead atoms. The lowest BCUT2D eigenvalue weighted by molar-refractivity contribution is -0.120. The highest BCUT2D eigenvalue weighted by molar-refractivity contribution is 6.74. The van der Waals surface area contributed by atoms with Crippen molar-refractivity contribution in [3.8, 4) is 0 Å². The Morgan fingerprint density at radius 2 is 1.89 bits per heavy atom. The molecule has 0 spiro atoms. The van der Waals surface area contributed by atoms with Crippen LogP contribution in [0.25, 0.3) is 0 Å². The average Bonchev–Trinajstić information content (AvgIpc) is 3.41. The lowest BCUT2D eigenvalue weighted by Gasteiger charge is -2.39. The Balaban J connectivity index is 1.83. The van der Waals surface area contributed by atoms with Gasteiger partial charge in [-0.25, -0.2) is 0 Å². The molecule has 1 saturated heterocycles. The number of allylic oxidation sites excluding steroid dienone is 2. The summed E-state index contributed by atoms with van der Waals surface area (Å²) in [5.41, 5.74) is 2.59. The Kier molecular flexibility index (Phi) is 8.23. The van der Waals surface area contributed by atoms with Crippen LogP contribution in [0.15, 0.2) is 42.0 Å². The van der Waals surface area contributed by atoms with Gasteiger partial charge in [0.05, 0.1) is 18.8 Å². The van der Waals surface area contributed by atoms with Crippen molar-refractivity contribution >= 4 is 14.1 Å². The van der Waals surface area contributed by atoms with Crippen LogP contribution in [0.2, 0.25) is 18.1 Å². The molecular weight excluding hydrogens is 364 g/mol. The van der Waals surface area contributed by atoms with Crippen LogP contribution in [-0.4, -0.2) is 32.9 Å². The van der Waals surface area contributed by atoms with Crippen molar-refractivity contribution < 1.29 is 14.0 Å². The Hall–Kier alpha value is -1.23. The summed E-state index contributed by atoms with van der Waals surface area (Å²) in [6.07, 6.45) is 6.24. The van der Waals surface area contributed by atoms with Gasteiger partial charge in [-0.15, -0.1) is 0 Å². The first-order valence-electron chi connectivity index (χ1n) is 10.6. The number of benzene rings is 1. The molecule has 28 heavy (non-hydrogen) atoms. The van der Waals surface area contributed by atoms with E-state index in [0.29, 0.717) is 18.6 Å². The maximum atomic E-state index is 12.6. The van der Waals surface area contributed by atoms with Crippen molar-refractivity contribution in [1.82, 2.24) is 0 Å². The van der Waals surface area contributed by atoms with Crippen LogP contribution >= 0.6 is 0 Å². The summed E-state index contributed by atoms with van der Waals surface area (Å²) in [6.45, 7) is 14.2. The van der Waals surface area contributed by atoms with Gasteiger partial charge in [-0.1, -0.05) is 62.8 Å². The fraction of sp³-hybridized carbons (Fsp3) is 0.625. The Morgan fingerprint density at radius 1 is 1.25 bits per heavy atom. The first-order valence-corrected chi connectivity index (χ1v) is 13.5. The van der Waals surface area contributed by atoms with Crippen LogP contribution in [-0.2, 0) is 20.4 Å². The van der Waals surface area contributed by atoms with E-state index < -0.39 is 8.32 Å². The first-order chi connectivity index (χ1) is 13.1. The molecular formula is C24H38O3Si. The average molecular weight is 403 g/mol. The summed E-state index contributed by atoms with van der Waals surface area (Å²) in [7, 11) is -1.89.